The van der Waals surface area contributed by atoms with Gasteiger partial charge in [-0.05, 0) is 30.4 Å². The van der Waals surface area contributed by atoms with Crippen molar-refractivity contribution in [2.45, 2.75) is 44.7 Å². The molecule has 0 bridgehead atoms. The van der Waals surface area contributed by atoms with Gasteiger partial charge in [0.2, 0.25) is 0 Å². The lowest BCUT2D eigenvalue weighted by Crippen LogP contribution is -2.52. The van der Waals surface area contributed by atoms with Crippen molar-refractivity contribution in [3.05, 3.63) is 53.9 Å². The van der Waals surface area contributed by atoms with Gasteiger partial charge in [0.15, 0.2) is 5.54 Å². The average molecular weight is 341 g/mol. The number of piperidine rings is 1. The molecule has 1 fully saturated rings. The Morgan fingerprint density at radius 3 is 2.48 bits per heavy atom. The van der Waals surface area contributed by atoms with Crippen LogP contribution in [-0.2, 0) is 21.6 Å². The van der Waals surface area contributed by atoms with Crippen LogP contribution in [0.1, 0.15) is 43.9 Å². The van der Waals surface area contributed by atoms with E-state index >= 15 is 0 Å². The van der Waals surface area contributed by atoms with Crippen LogP contribution in [0, 0.1) is 0 Å². The van der Waals surface area contributed by atoms with Crippen molar-refractivity contribution in [2.75, 3.05) is 20.2 Å². The average Bonchev–Trinajstić information content (AvgIpc) is 3.13. The SMILES string of the molecule is COC(=O)C1(n2nccc2C(C)C)CCN(Cc2ccccc2)CC1. The number of carbonyl (C=O) groups is 1. The molecule has 5 nitrogen and oxygen atoms in total. The first-order valence-electron chi connectivity index (χ1n) is 8.96. The Morgan fingerprint density at radius 2 is 1.88 bits per heavy atom. The van der Waals surface area contributed by atoms with Crippen LogP contribution in [0.15, 0.2) is 42.6 Å². The second kappa shape index (κ2) is 7.40. The Kier molecular flexibility index (Phi) is 5.23. The summed E-state index contributed by atoms with van der Waals surface area (Å²) < 4.78 is 7.11. The standard InChI is InChI=1S/C20H27N3O2/c1-16(2)18-9-12-21-23(18)20(19(24)25-3)10-13-22(14-11-20)15-17-7-5-4-6-8-17/h4-9,12,16H,10-11,13-15H2,1-3H3. The molecule has 0 unspecified atom stereocenters. The molecule has 1 saturated heterocycles. The number of aromatic nitrogens is 2. The highest BCUT2D eigenvalue weighted by molar-refractivity contribution is 5.79. The molecule has 0 spiro atoms. The van der Waals surface area contributed by atoms with Crippen molar-refractivity contribution in [3.8, 4) is 0 Å². The predicted octanol–water partition coefficient (Wildman–Crippen LogP) is 3.17. The third kappa shape index (κ3) is 3.47. The molecule has 134 valence electrons. The van der Waals surface area contributed by atoms with E-state index in [1.807, 2.05) is 16.8 Å². The molecule has 0 amide bonds. The number of ether oxygens (including phenoxy) is 1. The van der Waals surface area contributed by atoms with E-state index in [1.54, 1.807) is 6.20 Å². The molecular weight excluding hydrogens is 314 g/mol. The number of carbonyl (C=O) groups excluding carboxylic acids is 1. The van der Waals surface area contributed by atoms with Crippen LogP contribution in [-0.4, -0.2) is 40.8 Å². The highest BCUT2D eigenvalue weighted by Crippen LogP contribution is 2.34. The molecule has 25 heavy (non-hydrogen) atoms. The third-order valence-corrected chi connectivity index (χ3v) is 5.17. The van der Waals surface area contributed by atoms with E-state index in [9.17, 15) is 4.79 Å². The van der Waals surface area contributed by atoms with E-state index in [4.69, 9.17) is 4.74 Å². The van der Waals surface area contributed by atoms with Crippen LogP contribution in [0.25, 0.3) is 0 Å². The zero-order valence-electron chi connectivity index (χ0n) is 15.3. The van der Waals surface area contributed by atoms with Crippen molar-refractivity contribution in [1.29, 1.82) is 0 Å². The van der Waals surface area contributed by atoms with E-state index in [1.165, 1.54) is 12.7 Å². The van der Waals surface area contributed by atoms with E-state index in [-0.39, 0.29) is 5.97 Å². The van der Waals surface area contributed by atoms with Crippen LogP contribution < -0.4 is 0 Å². The Hall–Kier alpha value is -2.14. The number of methoxy groups -OCH3 is 1. The van der Waals surface area contributed by atoms with Crippen LogP contribution in [0.4, 0.5) is 0 Å². The fourth-order valence-corrected chi connectivity index (χ4v) is 3.72. The van der Waals surface area contributed by atoms with Gasteiger partial charge in [0.05, 0.1) is 7.11 Å². The maximum absolute atomic E-state index is 12.7. The van der Waals surface area contributed by atoms with Crippen LogP contribution >= 0.6 is 0 Å². The zero-order chi connectivity index (χ0) is 17.9. The summed E-state index contributed by atoms with van der Waals surface area (Å²) in [6.07, 6.45) is 3.22. The van der Waals surface area contributed by atoms with Gasteiger partial charge in [0.1, 0.15) is 0 Å². The summed E-state index contributed by atoms with van der Waals surface area (Å²) in [5.41, 5.74) is 1.70. The van der Waals surface area contributed by atoms with Gasteiger partial charge in [-0.15, -0.1) is 0 Å². The molecule has 0 radical (unpaired) electrons. The smallest absolute Gasteiger partial charge is 0.333 e. The maximum Gasteiger partial charge on any atom is 0.333 e. The number of hydrogen-bond acceptors (Lipinski definition) is 4. The summed E-state index contributed by atoms with van der Waals surface area (Å²) in [5, 5.41) is 4.51. The number of benzene rings is 1. The van der Waals surface area contributed by atoms with Gasteiger partial charge >= 0.3 is 5.97 Å². The number of rotatable bonds is 5. The van der Waals surface area contributed by atoms with E-state index in [0.717, 1.165) is 25.3 Å². The minimum atomic E-state index is -0.689. The molecule has 1 aromatic carbocycles. The Balaban J connectivity index is 1.80. The topological polar surface area (TPSA) is 47.4 Å². The fourth-order valence-electron chi connectivity index (χ4n) is 3.72. The number of nitrogens with zero attached hydrogens (tertiary/aromatic N) is 3. The number of esters is 1. The lowest BCUT2D eigenvalue weighted by Gasteiger charge is -2.40. The maximum atomic E-state index is 12.7. The molecule has 5 heteroatoms. The quantitative estimate of drug-likeness (QED) is 0.784. The summed E-state index contributed by atoms with van der Waals surface area (Å²) in [5.74, 6) is 0.129. The normalized spacial score (nSPS) is 17.6. The van der Waals surface area contributed by atoms with Gasteiger partial charge in [-0.1, -0.05) is 44.2 Å². The Labute approximate surface area is 149 Å². The summed E-state index contributed by atoms with van der Waals surface area (Å²) in [6, 6.07) is 12.5. The first kappa shape index (κ1) is 17.7. The summed E-state index contributed by atoms with van der Waals surface area (Å²) in [4.78, 5) is 15.1. The molecule has 0 atom stereocenters. The van der Waals surface area contributed by atoms with Gasteiger partial charge in [0, 0.05) is 31.5 Å². The lowest BCUT2D eigenvalue weighted by molar-refractivity contribution is -0.155. The summed E-state index contributed by atoms with van der Waals surface area (Å²) >= 11 is 0. The van der Waals surface area contributed by atoms with Crippen LogP contribution in [0.3, 0.4) is 0 Å². The van der Waals surface area contributed by atoms with E-state index in [2.05, 4.69) is 48.1 Å². The third-order valence-electron chi connectivity index (χ3n) is 5.17. The molecule has 0 aliphatic carbocycles. The first-order valence-corrected chi connectivity index (χ1v) is 8.96. The number of hydrogen-bond donors (Lipinski definition) is 0. The van der Waals surface area contributed by atoms with Crippen molar-refractivity contribution in [1.82, 2.24) is 14.7 Å². The molecular formula is C20H27N3O2. The lowest BCUT2D eigenvalue weighted by atomic mass is 9.86. The second-order valence-electron chi connectivity index (χ2n) is 7.11. The number of likely N-dealkylation sites (tertiary alicyclic amines) is 1. The molecule has 2 aromatic rings. The second-order valence-corrected chi connectivity index (χ2v) is 7.11. The minimum absolute atomic E-state index is 0.183. The van der Waals surface area contributed by atoms with Crippen molar-refractivity contribution in [3.63, 3.8) is 0 Å². The molecule has 1 aliphatic rings. The van der Waals surface area contributed by atoms with Crippen molar-refractivity contribution in [2.24, 2.45) is 0 Å². The fraction of sp³-hybridized carbons (Fsp3) is 0.500. The zero-order valence-corrected chi connectivity index (χ0v) is 15.3. The summed E-state index contributed by atoms with van der Waals surface area (Å²) in [6.45, 7) is 6.86. The summed E-state index contributed by atoms with van der Waals surface area (Å²) in [7, 11) is 1.47. The van der Waals surface area contributed by atoms with Gasteiger partial charge in [-0.3, -0.25) is 9.58 Å². The predicted molar refractivity (Wildman–Crippen MR) is 97.3 cm³/mol. The molecule has 0 N–H and O–H groups in total. The van der Waals surface area contributed by atoms with Crippen LogP contribution in [0.2, 0.25) is 0 Å². The van der Waals surface area contributed by atoms with Crippen LogP contribution in [0.5, 0.6) is 0 Å². The highest BCUT2D eigenvalue weighted by atomic mass is 16.5. The van der Waals surface area contributed by atoms with E-state index in [0.29, 0.717) is 18.8 Å². The van der Waals surface area contributed by atoms with Crippen molar-refractivity contribution < 1.29 is 9.53 Å². The van der Waals surface area contributed by atoms with Gasteiger partial charge < -0.3 is 4.74 Å². The molecule has 1 aliphatic heterocycles. The molecule has 2 heterocycles. The Bertz CT molecular complexity index is 701. The monoisotopic (exact) mass is 341 g/mol. The molecule has 3 rings (SSSR count). The largest absolute Gasteiger partial charge is 0.467 e. The van der Waals surface area contributed by atoms with Crippen molar-refractivity contribution >= 4 is 5.97 Å². The highest BCUT2D eigenvalue weighted by Gasteiger charge is 2.46. The van der Waals surface area contributed by atoms with Gasteiger partial charge in [-0.2, -0.15) is 5.10 Å². The molecule has 1 aromatic heterocycles. The minimum Gasteiger partial charge on any atom is -0.467 e. The van der Waals surface area contributed by atoms with E-state index < -0.39 is 5.54 Å². The Morgan fingerprint density at radius 1 is 1.20 bits per heavy atom. The first-order chi connectivity index (χ1) is 12.1. The van der Waals surface area contributed by atoms with Gasteiger partial charge in [-0.25, -0.2) is 4.79 Å². The van der Waals surface area contributed by atoms with Gasteiger partial charge in [0.25, 0.3) is 0 Å². The molecule has 0 saturated carbocycles.